The van der Waals surface area contributed by atoms with E-state index in [-0.39, 0.29) is 35.9 Å². The van der Waals surface area contributed by atoms with Crippen LogP contribution in [0.15, 0.2) is 35.1 Å². The summed E-state index contributed by atoms with van der Waals surface area (Å²) in [6, 6.07) is 8.85. The number of ether oxygens (including phenoxy) is 1. The number of nitrogen functional groups attached to an aromatic ring is 1. The second-order valence-corrected chi connectivity index (χ2v) is 4.83. The number of aromatic nitrogens is 2. The van der Waals surface area contributed by atoms with Gasteiger partial charge in [0.05, 0.1) is 12.2 Å². The molecule has 120 valence electrons. The average Bonchev–Trinajstić information content (AvgIpc) is 2.52. The second kappa shape index (κ2) is 6.87. The predicted molar refractivity (Wildman–Crippen MR) is 85.0 cm³/mol. The number of hydrogen-bond acceptors (Lipinski definition) is 6. The third kappa shape index (κ3) is 3.45. The lowest BCUT2D eigenvalue weighted by atomic mass is 10.0. The molecule has 1 aromatic heterocycles. The van der Waals surface area contributed by atoms with Gasteiger partial charge in [-0.05, 0) is 13.8 Å². The molecule has 0 radical (unpaired) electrons. The van der Waals surface area contributed by atoms with Gasteiger partial charge in [-0.25, -0.2) is 4.68 Å². The Balaban J connectivity index is 2.64. The van der Waals surface area contributed by atoms with Gasteiger partial charge in [0.25, 0.3) is 5.56 Å². The van der Waals surface area contributed by atoms with Crippen LogP contribution in [0.25, 0.3) is 11.3 Å². The van der Waals surface area contributed by atoms with Crippen molar-refractivity contribution in [3.8, 4) is 11.3 Å². The highest BCUT2D eigenvalue weighted by Gasteiger charge is 2.21. The Bertz CT molecular complexity index is 797. The summed E-state index contributed by atoms with van der Waals surface area (Å²) in [5, 5.41) is 4.15. The van der Waals surface area contributed by atoms with E-state index in [4.69, 9.17) is 10.5 Å². The van der Waals surface area contributed by atoms with Crippen LogP contribution >= 0.6 is 0 Å². The topological polar surface area (TPSA) is 104 Å². The van der Waals surface area contributed by atoms with Crippen molar-refractivity contribution in [2.45, 2.75) is 20.4 Å². The third-order valence-corrected chi connectivity index (χ3v) is 3.18. The molecule has 7 heteroatoms. The third-order valence-electron chi connectivity index (χ3n) is 3.18. The van der Waals surface area contributed by atoms with Crippen LogP contribution in [0.1, 0.15) is 24.2 Å². The van der Waals surface area contributed by atoms with Crippen LogP contribution in [0, 0.1) is 0 Å². The monoisotopic (exact) mass is 315 g/mol. The molecule has 0 spiro atoms. The van der Waals surface area contributed by atoms with Crippen molar-refractivity contribution in [2.75, 3.05) is 12.3 Å². The zero-order chi connectivity index (χ0) is 17.0. The molecular weight excluding hydrogens is 298 g/mol. The molecule has 0 aliphatic carbocycles. The van der Waals surface area contributed by atoms with Crippen molar-refractivity contribution in [1.82, 2.24) is 9.78 Å². The van der Waals surface area contributed by atoms with Crippen LogP contribution in [-0.4, -0.2) is 28.1 Å². The van der Waals surface area contributed by atoms with E-state index >= 15 is 0 Å². The number of carbonyl (C=O) groups is 2. The van der Waals surface area contributed by atoms with E-state index in [1.807, 2.05) is 6.07 Å². The molecule has 0 unspecified atom stereocenters. The first-order chi connectivity index (χ1) is 11.0. The first kappa shape index (κ1) is 16.4. The summed E-state index contributed by atoms with van der Waals surface area (Å²) in [6.45, 7) is 2.81. The number of Topliss-reactive ketones (excluding diaryl/α,β-unsaturated/α-hetero) is 1. The number of esters is 1. The summed E-state index contributed by atoms with van der Waals surface area (Å²) in [5.74, 6) is -0.967. The fraction of sp³-hybridized carbons (Fsp3) is 0.250. The summed E-state index contributed by atoms with van der Waals surface area (Å²) in [6.07, 6.45) is 0. The lowest BCUT2D eigenvalue weighted by Gasteiger charge is -2.12. The molecule has 2 rings (SSSR count). The van der Waals surface area contributed by atoms with E-state index in [2.05, 4.69) is 5.10 Å². The summed E-state index contributed by atoms with van der Waals surface area (Å²) in [4.78, 5) is 35.7. The number of nitrogens with two attached hydrogens (primary N) is 1. The second-order valence-electron chi connectivity index (χ2n) is 4.83. The molecule has 7 nitrogen and oxygen atoms in total. The molecule has 2 N–H and O–H groups in total. The first-order valence-corrected chi connectivity index (χ1v) is 7.08. The first-order valence-electron chi connectivity index (χ1n) is 7.08. The number of rotatable bonds is 5. The minimum absolute atomic E-state index is 0.0568. The van der Waals surface area contributed by atoms with E-state index < -0.39 is 11.5 Å². The molecule has 0 aliphatic heterocycles. The normalized spacial score (nSPS) is 10.3. The molecular formula is C16H17N3O4. The molecule has 0 aliphatic rings. The number of anilines is 1. The van der Waals surface area contributed by atoms with Crippen LogP contribution in [0.5, 0.6) is 0 Å². The largest absolute Gasteiger partial charge is 0.465 e. The minimum Gasteiger partial charge on any atom is -0.465 e. The van der Waals surface area contributed by atoms with Crippen molar-refractivity contribution in [3.05, 3.63) is 46.2 Å². The molecule has 0 bridgehead atoms. The van der Waals surface area contributed by atoms with Gasteiger partial charge in [-0.1, -0.05) is 30.3 Å². The van der Waals surface area contributed by atoms with E-state index in [9.17, 15) is 14.4 Å². The molecule has 0 atom stereocenters. The van der Waals surface area contributed by atoms with Crippen LogP contribution in [0.3, 0.4) is 0 Å². The molecule has 23 heavy (non-hydrogen) atoms. The molecule has 0 amide bonds. The molecule has 0 saturated heterocycles. The quantitative estimate of drug-likeness (QED) is 0.658. The maximum Gasteiger partial charge on any atom is 0.327 e. The van der Waals surface area contributed by atoms with Gasteiger partial charge in [0, 0.05) is 5.56 Å². The standard InChI is InChI=1S/C16H17N3O4/c1-3-23-12(21)9-19-16(22)14(17)13(10(2)20)15(18-19)11-7-5-4-6-8-11/h4-8H,3,9,17H2,1-2H3. The number of ketones is 1. The Kier molecular flexibility index (Phi) is 4.90. The Hall–Kier alpha value is -2.96. The number of nitrogens with zero attached hydrogens (tertiary/aromatic N) is 2. The molecule has 0 saturated carbocycles. The smallest absolute Gasteiger partial charge is 0.327 e. The van der Waals surface area contributed by atoms with Gasteiger partial charge in [-0.2, -0.15) is 5.10 Å². The lowest BCUT2D eigenvalue weighted by molar-refractivity contribution is -0.144. The van der Waals surface area contributed by atoms with Crippen LogP contribution in [0.4, 0.5) is 5.69 Å². The Labute approximate surface area is 132 Å². The van der Waals surface area contributed by atoms with Gasteiger partial charge < -0.3 is 10.5 Å². The highest BCUT2D eigenvalue weighted by molar-refractivity contribution is 6.04. The van der Waals surface area contributed by atoms with E-state index in [0.29, 0.717) is 5.56 Å². The van der Waals surface area contributed by atoms with Gasteiger partial charge in [0.15, 0.2) is 5.78 Å². The van der Waals surface area contributed by atoms with Crippen molar-refractivity contribution < 1.29 is 14.3 Å². The highest BCUT2D eigenvalue weighted by Crippen LogP contribution is 2.23. The van der Waals surface area contributed by atoms with E-state index in [1.165, 1.54) is 6.92 Å². The number of benzene rings is 1. The molecule has 1 aromatic carbocycles. The summed E-state index contributed by atoms with van der Waals surface area (Å²) in [5.41, 5.74) is 5.85. The minimum atomic E-state index is -0.692. The summed E-state index contributed by atoms with van der Waals surface area (Å²) < 4.78 is 5.74. The molecule has 0 fully saturated rings. The SMILES string of the molecule is CCOC(=O)Cn1nc(-c2ccccc2)c(C(C)=O)c(N)c1=O. The van der Waals surface area contributed by atoms with Gasteiger partial charge in [-0.3, -0.25) is 14.4 Å². The molecule has 2 aromatic rings. The van der Waals surface area contributed by atoms with Gasteiger partial charge in [-0.15, -0.1) is 0 Å². The molecule has 1 heterocycles. The van der Waals surface area contributed by atoms with Crippen molar-refractivity contribution in [3.63, 3.8) is 0 Å². The van der Waals surface area contributed by atoms with Crippen molar-refractivity contribution in [2.24, 2.45) is 0 Å². The lowest BCUT2D eigenvalue weighted by Crippen LogP contribution is -2.32. The zero-order valence-corrected chi connectivity index (χ0v) is 12.9. The average molecular weight is 315 g/mol. The Morgan fingerprint density at radius 1 is 1.26 bits per heavy atom. The number of carbonyl (C=O) groups excluding carboxylic acids is 2. The summed E-state index contributed by atoms with van der Waals surface area (Å²) in [7, 11) is 0. The Morgan fingerprint density at radius 3 is 2.48 bits per heavy atom. The highest BCUT2D eigenvalue weighted by atomic mass is 16.5. The van der Waals surface area contributed by atoms with E-state index in [0.717, 1.165) is 4.68 Å². The zero-order valence-electron chi connectivity index (χ0n) is 12.9. The fourth-order valence-corrected chi connectivity index (χ4v) is 2.18. The maximum absolute atomic E-state index is 12.2. The van der Waals surface area contributed by atoms with Crippen LogP contribution in [-0.2, 0) is 16.1 Å². The van der Waals surface area contributed by atoms with Crippen LogP contribution in [0.2, 0.25) is 0 Å². The van der Waals surface area contributed by atoms with Crippen molar-refractivity contribution in [1.29, 1.82) is 0 Å². The Morgan fingerprint density at radius 2 is 1.91 bits per heavy atom. The fourth-order valence-electron chi connectivity index (χ4n) is 2.18. The van der Waals surface area contributed by atoms with Crippen LogP contribution < -0.4 is 11.3 Å². The van der Waals surface area contributed by atoms with Gasteiger partial charge >= 0.3 is 5.97 Å². The number of hydrogen-bond donors (Lipinski definition) is 1. The summed E-state index contributed by atoms with van der Waals surface area (Å²) >= 11 is 0. The maximum atomic E-state index is 12.2. The predicted octanol–water partition coefficient (Wildman–Crippen LogP) is 1.26. The van der Waals surface area contributed by atoms with Gasteiger partial charge in [0.2, 0.25) is 0 Å². The van der Waals surface area contributed by atoms with Crippen molar-refractivity contribution >= 4 is 17.4 Å². The van der Waals surface area contributed by atoms with Gasteiger partial charge in [0.1, 0.15) is 17.9 Å². The van der Waals surface area contributed by atoms with E-state index in [1.54, 1.807) is 31.2 Å².